The van der Waals surface area contributed by atoms with Crippen molar-refractivity contribution >= 4 is 21.8 Å². The molecule has 0 amide bonds. The molecule has 2 aromatic heterocycles. The van der Waals surface area contributed by atoms with Gasteiger partial charge >= 0.3 is 0 Å². The molecule has 0 bridgehead atoms. The van der Waals surface area contributed by atoms with Gasteiger partial charge in [-0.3, -0.25) is 0 Å². The minimum atomic E-state index is -0.269. The maximum absolute atomic E-state index is 14.1. The number of rotatable bonds is 6. The molecule has 0 fully saturated rings. The van der Waals surface area contributed by atoms with E-state index < -0.39 is 0 Å². The highest BCUT2D eigenvalue weighted by molar-refractivity contribution is 6.11. The van der Waals surface area contributed by atoms with Crippen molar-refractivity contribution in [2.45, 2.75) is 13.8 Å². The molecular formula is C47H33FN4. The fourth-order valence-electron chi connectivity index (χ4n) is 7.21. The Bertz CT molecular complexity index is 2670. The maximum atomic E-state index is 14.1. The van der Waals surface area contributed by atoms with Crippen LogP contribution in [0.4, 0.5) is 4.39 Å². The van der Waals surface area contributed by atoms with Crippen LogP contribution in [0.2, 0.25) is 0 Å². The number of para-hydroxylation sites is 1. The van der Waals surface area contributed by atoms with Gasteiger partial charge < -0.3 is 4.57 Å². The van der Waals surface area contributed by atoms with Crippen molar-refractivity contribution in [3.63, 3.8) is 0 Å². The number of hydrogen-bond acceptors (Lipinski definition) is 3. The smallest absolute Gasteiger partial charge is 0.166 e. The summed E-state index contributed by atoms with van der Waals surface area (Å²) in [5.41, 5.74) is 12.4. The molecule has 0 N–H and O–H groups in total. The SMILES string of the molecule is Cc1cc(C)cc(-c2ccc3c(c2)c2ccccc2n3-c2cc(-c3ccc(F)cc3)ccc2-c2nc(-c3ccccc3)nc(-c3ccccc3)n2)c1. The molecule has 0 aliphatic rings. The summed E-state index contributed by atoms with van der Waals surface area (Å²) in [4.78, 5) is 15.2. The fraction of sp³-hybridized carbons (Fsp3) is 0.0426. The van der Waals surface area contributed by atoms with Crippen LogP contribution in [0.15, 0.2) is 164 Å². The van der Waals surface area contributed by atoms with Crippen LogP contribution >= 0.6 is 0 Å². The zero-order valence-corrected chi connectivity index (χ0v) is 28.8. The first-order chi connectivity index (χ1) is 25.5. The molecule has 5 heteroatoms. The van der Waals surface area contributed by atoms with Crippen LogP contribution in [0.25, 0.3) is 83.9 Å². The first kappa shape index (κ1) is 31.3. The number of fused-ring (bicyclic) bond motifs is 3. The van der Waals surface area contributed by atoms with Crippen LogP contribution in [0, 0.1) is 19.7 Å². The van der Waals surface area contributed by atoms with Crippen LogP contribution < -0.4 is 0 Å². The van der Waals surface area contributed by atoms with E-state index in [0.29, 0.717) is 17.5 Å². The highest BCUT2D eigenvalue weighted by Crippen LogP contribution is 2.40. The van der Waals surface area contributed by atoms with E-state index >= 15 is 0 Å². The van der Waals surface area contributed by atoms with E-state index in [0.717, 1.165) is 55.3 Å². The third-order valence-corrected chi connectivity index (χ3v) is 9.58. The molecule has 0 unspecified atom stereocenters. The summed E-state index contributed by atoms with van der Waals surface area (Å²) in [7, 11) is 0. The Morgan fingerprint density at radius 1 is 0.404 bits per heavy atom. The second-order valence-corrected chi connectivity index (χ2v) is 13.2. The number of halogens is 1. The van der Waals surface area contributed by atoms with Crippen molar-refractivity contribution in [3.8, 4) is 62.1 Å². The van der Waals surface area contributed by atoms with E-state index in [4.69, 9.17) is 15.0 Å². The van der Waals surface area contributed by atoms with Gasteiger partial charge in [-0.1, -0.05) is 132 Å². The summed E-state index contributed by atoms with van der Waals surface area (Å²) < 4.78 is 16.4. The van der Waals surface area contributed by atoms with E-state index in [1.54, 1.807) is 0 Å². The second kappa shape index (κ2) is 12.9. The molecule has 0 saturated carbocycles. The number of hydrogen-bond donors (Lipinski definition) is 0. The lowest BCUT2D eigenvalue weighted by Crippen LogP contribution is -2.04. The van der Waals surface area contributed by atoms with Gasteiger partial charge in [-0.2, -0.15) is 0 Å². The molecule has 0 spiro atoms. The fourth-order valence-corrected chi connectivity index (χ4v) is 7.21. The summed E-state index contributed by atoms with van der Waals surface area (Å²) >= 11 is 0. The highest BCUT2D eigenvalue weighted by Gasteiger charge is 2.21. The number of aryl methyl sites for hydroxylation is 2. The minimum absolute atomic E-state index is 0.269. The van der Waals surface area contributed by atoms with Gasteiger partial charge in [0.2, 0.25) is 0 Å². The number of benzene rings is 7. The van der Waals surface area contributed by atoms with Crippen LogP contribution in [0.5, 0.6) is 0 Å². The molecule has 2 heterocycles. The Labute approximate surface area is 301 Å². The molecule has 7 aromatic carbocycles. The summed E-state index contributed by atoms with van der Waals surface area (Å²) in [5, 5.41) is 2.29. The maximum Gasteiger partial charge on any atom is 0.166 e. The molecule has 0 atom stereocenters. The number of nitrogens with zero attached hydrogens (tertiary/aromatic N) is 4. The molecule has 0 aliphatic carbocycles. The molecule has 9 rings (SSSR count). The summed E-state index contributed by atoms with van der Waals surface area (Å²) in [5.74, 6) is 1.48. The third kappa shape index (κ3) is 5.72. The van der Waals surface area contributed by atoms with Crippen LogP contribution in [0.1, 0.15) is 11.1 Å². The molecule has 9 aromatic rings. The Kier molecular flexibility index (Phi) is 7.74. The van der Waals surface area contributed by atoms with Crippen molar-refractivity contribution in [1.29, 1.82) is 0 Å². The van der Waals surface area contributed by atoms with Gasteiger partial charge in [-0.25, -0.2) is 19.3 Å². The van der Waals surface area contributed by atoms with E-state index in [9.17, 15) is 4.39 Å². The quantitative estimate of drug-likeness (QED) is 0.177. The van der Waals surface area contributed by atoms with Crippen molar-refractivity contribution in [3.05, 3.63) is 181 Å². The zero-order valence-electron chi connectivity index (χ0n) is 28.8. The molecular weight excluding hydrogens is 640 g/mol. The first-order valence-corrected chi connectivity index (χ1v) is 17.4. The van der Waals surface area contributed by atoms with E-state index in [1.807, 2.05) is 72.8 Å². The van der Waals surface area contributed by atoms with Gasteiger partial charge in [0.25, 0.3) is 0 Å². The lowest BCUT2D eigenvalue weighted by molar-refractivity contribution is 0.628. The number of aromatic nitrogens is 4. The van der Waals surface area contributed by atoms with Gasteiger partial charge in [0.15, 0.2) is 17.5 Å². The van der Waals surface area contributed by atoms with Crippen molar-refractivity contribution in [1.82, 2.24) is 19.5 Å². The highest BCUT2D eigenvalue weighted by atomic mass is 19.1. The predicted molar refractivity (Wildman–Crippen MR) is 211 cm³/mol. The van der Waals surface area contributed by atoms with E-state index in [1.165, 1.54) is 34.4 Å². The molecule has 4 nitrogen and oxygen atoms in total. The Balaban J connectivity index is 1.33. The van der Waals surface area contributed by atoms with Gasteiger partial charge in [0.1, 0.15) is 5.82 Å². The lowest BCUT2D eigenvalue weighted by atomic mass is 9.99. The molecule has 0 saturated heterocycles. The summed E-state index contributed by atoms with van der Waals surface area (Å²) in [6, 6.07) is 54.9. The average molecular weight is 673 g/mol. The topological polar surface area (TPSA) is 43.6 Å². The van der Waals surface area contributed by atoms with Crippen molar-refractivity contribution in [2.75, 3.05) is 0 Å². The van der Waals surface area contributed by atoms with Crippen LogP contribution in [0.3, 0.4) is 0 Å². The lowest BCUT2D eigenvalue weighted by Gasteiger charge is -2.16. The molecule has 52 heavy (non-hydrogen) atoms. The Hall–Kier alpha value is -6.72. The van der Waals surface area contributed by atoms with E-state index in [2.05, 4.69) is 97.3 Å². The molecule has 248 valence electrons. The normalized spacial score (nSPS) is 11.4. The first-order valence-electron chi connectivity index (χ1n) is 17.4. The second-order valence-electron chi connectivity index (χ2n) is 13.2. The Morgan fingerprint density at radius 2 is 0.942 bits per heavy atom. The Morgan fingerprint density at radius 3 is 1.62 bits per heavy atom. The average Bonchev–Trinajstić information content (AvgIpc) is 3.52. The van der Waals surface area contributed by atoms with Crippen LogP contribution in [-0.2, 0) is 0 Å². The van der Waals surface area contributed by atoms with Gasteiger partial charge in [-0.15, -0.1) is 0 Å². The van der Waals surface area contributed by atoms with Gasteiger partial charge in [0.05, 0.1) is 16.7 Å². The van der Waals surface area contributed by atoms with Crippen molar-refractivity contribution < 1.29 is 4.39 Å². The molecule has 0 aliphatic heterocycles. The van der Waals surface area contributed by atoms with Gasteiger partial charge in [0, 0.05) is 27.5 Å². The standard InChI is InChI=1S/C47H33FN4/c1-30-25-31(2)27-37(26-30)35-20-24-43-41(28-35)39-15-9-10-16-42(39)52(43)44-29-36(32-17-21-38(48)22-18-32)19-23-40(44)47-50-45(33-11-5-3-6-12-33)49-46(51-47)34-13-7-4-8-14-34/h3-29H,1-2H3. The zero-order chi connectivity index (χ0) is 35.2. The van der Waals surface area contributed by atoms with Crippen molar-refractivity contribution in [2.24, 2.45) is 0 Å². The van der Waals surface area contributed by atoms with E-state index in [-0.39, 0.29) is 5.82 Å². The molecule has 0 radical (unpaired) electrons. The predicted octanol–water partition coefficient (Wildman–Crippen LogP) is 12.1. The summed E-state index contributed by atoms with van der Waals surface area (Å²) in [6.07, 6.45) is 0. The minimum Gasteiger partial charge on any atom is -0.308 e. The largest absolute Gasteiger partial charge is 0.308 e. The monoisotopic (exact) mass is 672 g/mol. The van der Waals surface area contributed by atoms with Crippen LogP contribution in [-0.4, -0.2) is 19.5 Å². The van der Waals surface area contributed by atoms with Gasteiger partial charge in [-0.05, 0) is 78.6 Å². The third-order valence-electron chi connectivity index (χ3n) is 9.58. The summed E-state index contributed by atoms with van der Waals surface area (Å²) in [6.45, 7) is 4.29.